The third kappa shape index (κ3) is 3.26. The van der Waals surface area contributed by atoms with Crippen LogP contribution in [0.4, 0.5) is 13.2 Å². The van der Waals surface area contributed by atoms with E-state index >= 15 is 0 Å². The summed E-state index contributed by atoms with van der Waals surface area (Å²) in [5.74, 6) is -0.263. The number of hydrogen-bond acceptors (Lipinski definition) is 1. The first kappa shape index (κ1) is 12.0. The zero-order chi connectivity index (χ0) is 12.2. The summed E-state index contributed by atoms with van der Waals surface area (Å²) in [6, 6.07) is 5.07. The molecule has 4 nitrogen and oxygen atoms in total. The van der Waals surface area contributed by atoms with E-state index in [2.05, 4.69) is 10.2 Å². The molecule has 0 saturated heterocycles. The van der Waals surface area contributed by atoms with Crippen molar-refractivity contribution in [3.63, 3.8) is 0 Å². The lowest BCUT2D eigenvalue weighted by atomic mass is 10.1. The van der Waals surface area contributed by atoms with E-state index in [1.807, 2.05) is 0 Å². The van der Waals surface area contributed by atoms with Gasteiger partial charge in [0.15, 0.2) is 0 Å². The zero-order valence-corrected chi connectivity index (χ0v) is 8.12. The molecule has 0 bridgehead atoms. The zero-order valence-electron chi connectivity index (χ0n) is 8.12. The molecule has 0 unspecified atom stereocenters. The van der Waals surface area contributed by atoms with Gasteiger partial charge < -0.3 is 11.5 Å². The summed E-state index contributed by atoms with van der Waals surface area (Å²) in [7, 11) is 0. The second kappa shape index (κ2) is 4.65. The topological polar surface area (TPSA) is 78.4 Å². The Hall–Kier alpha value is -2.05. The van der Waals surface area contributed by atoms with Crippen LogP contribution in [-0.4, -0.2) is 12.2 Å². The Morgan fingerprint density at radius 1 is 1.25 bits per heavy atom. The summed E-state index contributed by atoms with van der Waals surface area (Å²) in [5, 5.41) is 5.57. The Kier molecular flexibility index (Phi) is 3.49. The summed E-state index contributed by atoms with van der Waals surface area (Å²) < 4.78 is 37.5. The maximum absolute atomic E-state index is 12.5. The number of nitrogens with zero attached hydrogens (tertiary/aromatic N) is 1. The molecule has 0 aliphatic rings. The van der Waals surface area contributed by atoms with Gasteiger partial charge in [-0.3, -0.25) is 0 Å². The van der Waals surface area contributed by atoms with Crippen molar-refractivity contribution in [2.75, 3.05) is 0 Å². The van der Waals surface area contributed by atoms with Crippen molar-refractivity contribution < 1.29 is 18.3 Å². The number of hydrazone groups is 1. The van der Waals surface area contributed by atoms with Gasteiger partial charge in [0.2, 0.25) is 6.21 Å². The highest BCUT2D eigenvalue weighted by atomic mass is 19.4. The lowest BCUT2D eigenvalue weighted by Gasteiger charge is -2.07. The van der Waals surface area contributed by atoms with Crippen LogP contribution in [0.5, 0.6) is 0 Å². The molecule has 16 heavy (non-hydrogen) atoms. The van der Waals surface area contributed by atoms with E-state index in [0.717, 1.165) is 12.3 Å². The van der Waals surface area contributed by atoms with Crippen LogP contribution >= 0.6 is 0 Å². The average Bonchev–Trinajstić information content (AvgIpc) is 2.16. The fourth-order valence-corrected chi connectivity index (χ4v) is 1.06. The minimum atomic E-state index is -4.41. The predicted molar refractivity (Wildman–Crippen MR) is 53.4 cm³/mol. The average molecular weight is 231 g/mol. The molecule has 0 heterocycles. The standard InChI is InChI=1S/C9H9F3N4/c10-9(11,12)7-4-2-1-3-6(7)5-15-16-8(13)14/h1-5H,(H4,13,14,16)/p+1/b15-5+. The molecule has 0 fully saturated rings. The lowest BCUT2D eigenvalue weighted by Crippen LogP contribution is -2.64. The molecular weight excluding hydrogens is 221 g/mol. The van der Waals surface area contributed by atoms with Gasteiger partial charge in [-0.15, -0.1) is 5.10 Å². The van der Waals surface area contributed by atoms with Crippen LogP contribution in [0.3, 0.4) is 0 Å². The van der Waals surface area contributed by atoms with Crippen molar-refractivity contribution in [1.82, 2.24) is 0 Å². The van der Waals surface area contributed by atoms with E-state index in [1.54, 1.807) is 0 Å². The highest BCUT2D eigenvalue weighted by molar-refractivity contribution is 5.78. The maximum atomic E-state index is 12.5. The third-order valence-corrected chi connectivity index (χ3v) is 1.68. The van der Waals surface area contributed by atoms with E-state index in [-0.39, 0.29) is 11.5 Å². The molecule has 86 valence electrons. The number of alkyl halides is 3. The second-order valence-corrected chi connectivity index (χ2v) is 2.90. The number of guanidine groups is 1. The molecule has 1 aromatic carbocycles. The first-order valence-electron chi connectivity index (χ1n) is 4.25. The van der Waals surface area contributed by atoms with Gasteiger partial charge in [-0.2, -0.15) is 13.2 Å². The molecule has 0 spiro atoms. The van der Waals surface area contributed by atoms with Gasteiger partial charge in [0.1, 0.15) is 0 Å². The van der Waals surface area contributed by atoms with Gasteiger partial charge in [0, 0.05) is 5.10 Å². The van der Waals surface area contributed by atoms with Gasteiger partial charge in [-0.05, 0) is 12.1 Å². The predicted octanol–water partition coefficient (Wildman–Crippen LogP) is -0.607. The molecule has 0 radical (unpaired) electrons. The van der Waals surface area contributed by atoms with Crippen LogP contribution in [0.15, 0.2) is 29.4 Å². The Morgan fingerprint density at radius 3 is 2.44 bits per heavy atom. The van der Waals surface area contributed by atoms with Crippen LogP contribution in [0.1, 0.15) is 11.1 Å². The van der Waals surface area contributed by atoms with Crippen molar-refractivity contribution >= 4 is 12.2 Å². The Labute approximate surface area is 89.5 Å². The SMILES string of the molecule is NC(N)=N/[NH+]=C/c1ccccc1C(F)(F)F. The Morgan fingerprint density at radius 2 is 1.88 bits per heavy atom. The number of halogens is 3. The smallest absolute Gasteiger partial charge is 0.365 e. The van der Waals surface area contributed by atoms with E-state index in [9.17, 15) is 13.2 Å². The van der Waals surface area contributed by atoms with E-state index in [4.69, 9.17) is 11.5 Å². The van der Waals surface area contributed by atoms with Crippen molar-refractivity contribution in [1.29, 1.82) is 0 Å². The summed E-state index contributed by atoms with van der Waals surface area (Å²) in [4.78, 5) is 0. The fourth-order valence-electron chi connectivity index (χ4n) is 1.06. The molecule has 0 aliphatic heterocycles. The highest BCUT2D eigenvalue weighted by Crippen LogP contribution is 2.30. The minimum absolute atomic E-state index is 0.0417. The molecule has 5 N–H and O–H groups in total. The van der Waals surface area contributed by atoms with E-state index < -0.39 is 11.7 Å². The van der Waals surface area contributed by atoms with Crippen molar-refractivity contribution in [2.45, 2.75) is 6.18 Å². The highest BCUT2D eigenvalue weighted by Gasteiger charge is 2.33. The minimum Gasteiger partial charge on any atom is -0.365 e. The largest absolute Gasteiger partial charge is 0.417 e. The molecule has 0 aliphatic carbocycles. The molecular formula is C9H10F3N4+. The van der Waals surface area contributed by atoms with Crippen LogP contribution < -0.4 is 16.6 Å². The maximum Gasteiger partial charge on any atom is 0.417 e. The van der Waals surface area contributed by atoms with Gasteiger partial charge in [-0.1, -0.05) is 12.1 Å². The summed E-state index contributed by atoms with van der Waals surface area (Å²) >= 11 is 0. The van der Waals surface area contributed by atoms with Crippen molar-refractivity contribution in [3.05, 3.63) is 35.4 Å². The lowest BCUT2D eigenvalue weighted by molar-refractivity contribution is -0.456. The van der Waals surface area contributed by atoms with Crippen LogP contribution in [0.2, 0.25) is 0 Å². The number of rotatable bonds is 2. The normalized spacial score (nSPS) is 11.7. The number of nitrogens with two attached hydrogens (primary N) is 2. The quantitative estimate of drug-likeness (QED) is 0.361. The van der Waals surface area contributed by atoms with Gasteiger partial charge in [-0.25, -0.2) is 0 Å². The number of nitrogens with one attached hydrogen (secondary N) is 1. The van der Waals surface area contributed by atoms with E-state index in [1.165, 1.54) is 18.2 Å². The van der Waals surface area contributed by atoms with Gasteiger partial charge in [0.05, 0.1) is 11.1 Å². The number of benzene rings is 1. The van der Waals surface area contributed by atoms with Crippen LogP contribution in [0, 0.1) is 0 Å². The van der Waals surface area contributed by atoms with Gasteiger partial charge in [0.25, 0.3) is 5.96 Å². The van der Waals surface area contributed by atoms with Crippen molar-refractivity contribution in [2.24, 2.45) is 16.6 Å². The molecule has 0 aromatic heterocycles. The Bertz CT molecular complexity index is 419. The van der Waals surface area contributed by atoms with Crippen LogP contribution in [-0.2, 0) is 6.18 Å². The monoisotopic (exact) mass is 231 g/mol. The Balaban J connectivity index is 3.05. The molecule has 0 saturated carbocycles. The molecule has 0 atom stereocenters. The molecule has 1 rings (SSSR count). The fraction of sp³-hybridized carbons (Fsp3) is 0.111. The summed E-state index contributed by atoms with van der Waals surface area (Å²) in [5.41, 5.74) is 9.21. The third-order valence-electron chi connectivity index (χ3n) is 1.68. The van der Waals surface area contributed by atoms with Crippen molar-refractivity contribution in [3.8, 4) is 0 Å². The van der Waals surface area contributed by atoms with E-state index in [0.29, 0.717) is 0 Å². The summed E-state index contributed by atoms with van der Waals surface area (Å²) in [6.07, 6.45) is -3.34. The molecule has 0 amide bonds. The van der Waals surface area contributed by atoms with Gasteiger partial charge >= 0.3 is 6.18 Å². The summed E-state index contributed by atoms with van der Waals surface area (Å²) in [6.45, 7) is 0. The first-order valence-corrected chi connectivity index (χ1v) is 4.25. The second-order valence-electron chi connectivity index (χ2n) is 2.90. The first-order chi connectivity index (χ1) is 7.41. The van der Waals surface area contributed by atoms with Crippen LogP contribution in [0.25, 0.3) is 0 Å². The number of hydrogen-bond donors (Lipinski definition) is 3. The molecule has 7 heteroatoms. The molecule has 1 aromatic rings.